The van der Waals surface area contributed by atoms with Crippen LogP contribution in [0.1, 0.15) is 25.7 Å². The Morgan fingerprint density at radius 2 is 1.87 bits per heavy atom. The van der Waals surface area contributed by atoms with Gasteiger partial charge in [-0.15, -0.1) is 0 Å². The van der Waals surface area contributed by atoms with Gasteiger partial charge in [0.25, 0.3) is 0 Å². The zero-order valence-electron chi connectivity index (χ0n) is 9.01. The molecule has 0 bridgehead atoms. The molecule has 0 aromatic heterocycles. The van der Waals surface area contributed by atoms with E-state index in [0.29, 0.717) is 12.6 Å². The molecule has 1 saturated carbocycles. The van der Waals surface area contributed by atoms with Crippen LogP contribution in [0.3, 0.4) is 0 Å². The normalized spacial score (nSPS) is 22.7. The summed E-state index contributed by atoms with van der Waals surface area (Å²) in [5.74, 6) is 0. The van der Waals surface area contributed by atoms with E-state index >= 15 is 0 Å². The van der Waals surface area contributed by atoms with E-state index in [-0.39, 0.29) is 0 Å². The van der Waals surface area contributed by atoms with Gasteiger partial charge in [0.2, 0.25) is 0 Å². The minimum atomic E-state index is 0.602. The van der Waals surface area contributed by atoms with Crippen LogP contribution < -0.4 is 0 Å². The SMILES string of the molecule is [N-]=[N+]=NCCN(C1CCOCC1)C1CC1. The van der Waals surface area contributed by atoms with Crippen molar-refractivity contribution in [3.8, 4) is 0 Å². The lowest BCUT2D eigenvalue weighted by Crippen LogP contribution is -2.42. The first-order chi connectivity index (χ1) is 7.42. The zero-order valence-corrected chi connectivity index (χ0v) is 9.01. The average molecular weight is 210 g/mol. The quantitative estimate of drug-likeness (QED) is 0.395. The predicted octanol–water partition coefficient (Wildman–Crippen LogP) is 1.94. The molecule has 2 fully saturated rings. The summed E-state index contributed by atoms with van der Waals surface area (Å²) in [5.41, 5.74) is 8.26. The highest BCUT2D eigenvalue weighted by Gasteiger charge is 2.33. The van der Waals surface area contributed by atoms with Crippen molar-refractivity contribution in [1.29, 1.82) is 0 Å². The molecular formula is C10H18N4O. The highest BCUT2D eigenvalue weighted by atomic mass is 16.5. The summed E-state index contributed by atoms with van der Waals surface area (Å²) in [6.45, 7) is 3.29. The maximum Gasteiger partial charge on any atom is 0.0480 e. The Kier molecular flexibility index (Phi) is 3.83. The number of rotatable bonds is 5. The largest absolute Gasteiger partial charge is 0.381 e. The molecule has 2 aliphatic rings. The molecule has 1 saturated heterocycles. The van der Waals surface area contributed by atoms with Crippen LogP contribution in [0.2, 0.25) is 0 Å². The topological polar surface area (TPSA) is 61.2 Å². The first-order valence-corrected chi connectivity index (χ1v) is 5.76. The molecule has 15 heavy (non-hydrogen) atoms. The Labute approximate surface area is 90.0 Å². The van der Waals surface area contributed by atoms with Crippen molar-refractivity contribution in [3.05, 3.63) is 10.4 Å². The Hall–Kier alpha value is -0.770. The van der Waals surface area contributed by atoms with Crippen molar-refractivity contribution < 1.29 is 4.74 Å². The molecule has 84 valence electrons. The molecule has 0 aromatic carbocycles. The maximum atomic E-state index is 8.26. The van der Waals surface area contributed by atoms with Gasteiger partial charge in [-0.05, 0) is 31.2 Å². The Morgan fingerprint density at radius 1 is 1.20 bits per heavy atom. The highest BCUT2D eigenvalue weighted by molar-refractivity contribution is 4.89. The van der Waals surface area contributed by atoms with Gasteiger partial charge in [0.15, 0.2) is 0 Å². The van der Waals surface area contributed by atoms with Crippen LogP contribution in [0.15, 0.2) is 5.11 Å². The van der Waals surface area contributed by atoms with E-state index in [0.717, 1.165) is 38.6 Å². The fourth-order valence-electron chi connectivity index (χ4n) is 2.29. The van der Waals surface area contributed by atoms with Crippen molar-refractivity contribution >= 4 is 0 Å². The summed E-state index contributed by atoms with van der Waals surface area (Å²) >= 11 is 0. The Morgan fingerprint density at radius 3 is 2.47 bits per heavy atom. The smallest absolute Gasteiger partial charge is 0.0480 e. The number of azide groups is 1. The third-order valence-electron chi connectivity index (χ3n) is 3.20. The molecular weight excluding hydrogens is 192 g/mol. The van der Waals surface area contributed by atoms with Crippen LogP contribution in [0, 0.1) is 0 Å². The Bertz CT molecular complexity index is 242. The molecule has 1 aliphatic carbocycles. The van der Waals surface area contributed by atoms with Gasteiger partial charge in [0.1, 0.15) is 0 Å². The standard InChI is InChI=1S/C10H18N4O/c11-13-12-5-6-14(9-1-2-9)10-3-7-15-8-4-10/h9-10H,1-8H2. The lowest BCUT2D eigenvalue weighted by atomic mass is 10.1. The van der Waals surface area contributed by atoms with Crippen molar-refractivity contribution in [1.82, 2.24) is 4.90 Å². The van der Waals surface area contributed by atoms with E-state index in [9.17, 15) is 0 Å². The van der Waals surface area contributed by atoms with Gasteiger partial charge in [-0.2, -0.15) is 0 Å². The van der Waals surface area contributed by atoms with Gasteiger partial charge in [0.05, 0.1) is 0 Å². The molecule has 1 aliphatic heterocycles. The van der Waals surface area contributed by atoms with Crippen LogP contribution in [0.25, 0.3) is 10.4 Å². The van der Waals surface area contributed by atoms with E-state index in [4.69, 9.17) is 10.3 Å². The van der Waals surface area contributed by atoms with Crippen LogP contribution in [0.5, 0.6) is 0 Å². The molecule has 0 amide bonds. The van der Waals surface area contributed by atoms with Crippen LogP contribution in [0.4, 0.5) is 0 Å². The summed E-state index contributed by atoms with van der Waals surface area (Å²) in [6, 6.07) is 1.40. The molecule has 5 nitrogen and oxygen atoms in total. The third-order valence-corrected chi connectivity index (χ3v) is 3.20. The molecule has 1 heterocycles. The van der Waals surface area contributed by atoms with Crippen LogP contribution in [-0.4, -0.2) is 43.3 Å². The number of hydrogen-bond acceptors (Lipinski definition) is 3. The van der Waals surface area contributed by atoms with Crippen molar-refractivity contribution in [3.63, 3.8) is 0 Å². The minimum absolute atomic E-state index is 0.602. The maximum absolute atomic E-state index is 8.26. The lowest BCUT2D eigenvalue weighted by Gasteiger charge is -2.34. The lowest BCUT2D eigenvalue weighted by molar-refractivity contribution is 0.0320. The van der Waals surface area contributed by atoms with E-state index in [2.05, 4.69) is 14.9 Å². The summed E-state index contributed by atoms with van der Waals surface area (Å²) in [5, 5.41) is 3.62. The van der Waals surface area contributed by atoms with Gasteiger partial charge < -0.3 is 4.74 Å². The number of hydrogen-bond donors (Lipinski definition) is 0. The van der Waals surface area contributed by atoms with Crippen molar-refractivity contribution in [2.45, 2.75) is 37.8 Å². The second-order valence-electron chi connectivity index (χ2n) is 4.27. The molecule has 5 heteroatoms. The third kappa shape index (κ3) is 3.09. The number of ether oxygens (including phenoxy) is 1. The molecule has 0 unspecified atom stereocenters. The second-order valence-corrected chi connectivity index (χ2v) is 4.27. The van der Waals surface area contributed by atoms with E-state index < -0.39 is 0 Å². The van der Waals surface area contributed by atoms with Gasteiger partial charge >= 0.3 is 0 Å². The summed E-state index contributed by atoms with van der Waals surface area (Å²) in [4.78, 5) is 5.33. The second kappa shape index (κ2) is 5.35. The van der Waals surface area contributed by atoms with E-state index in [1.165, 1.54) is 12.8 Å². The summed E-state index contributed by atoms with van der Waals surface area (Å²) in [7, 11) is 0. The molecule has 0 aromatic rings. The average Bonchev–Trinajstić information content (AvgIpc) is 3.10. The van der Waals surface area contributed by atoms with Crippen LogP contribution >= 0.6 is 0 Å². The summed E-state index contributed by atoms with van der Waals surface area (Å²) < 4.78 is 5.37. The van der Waals surface area contributed by atoms with E-state index in [1.807, 2.05) is 0 Å². The van der Waals surface area contributed by atoms with Gasteiger partial charge in [-0.1, -0.05) is 5.11 Å². The van der Waals surface area contributed by atoms with Gasteiger partial charge in [0, 0.05) is 43.3 Å². The van der Waals surface area contributed by atoms with Crippen molar-refractivity contribution in [2.24, 2.45) is 5.11 Å². The molecule has 0 N–H and O–H groups in total. The first kappa shape index (κ1) is 10.7. The van der Waals surface area contributed by atoms with Crippen LogP contribution in [-0.2, 0) is 4.74 Å². The fraction of sp³-hybridized carbons (Fsp3) is 1.00. The minimum Gasteiger partial charge on any atom is -0.381 e. The first-order valence-electron chi connectivity index (χ1n) is 5.76. The number of nitrogens with zero attached hydrogens (tertiary/aromatic N) is 4. The van der Waals surface area contributed by atoms with Gasteiger partial charge in [-0.3, -0.25) is 4.90 Å². The summed E-state index contributed by atoms with van der Waals surface area (Å²) in [6.07, 6.45) is 4.89. The van der Waals surface area contributed by atoms with Crippen molar-refractivity contribution in [2.75, 3.05) is 26.3 Å². The molecule has 0 atom stereocenters. The zero-order chi connectivity index (χ0) is 10.5. The fourth-order valence-corrected chi connectivity index (χ4v) is 2.29. The molecule has 2 rings (SSSR count). The highest BCUT2D eigenvalue weighted by Crippen LogP contribution is 2.31. The van der Waals surface area contributed by atoms with Gasteiger partial charge in [-0.25, -0.2) is 0 Å². The Balaban J connectivity index is 1.83. The predicted molar refractivity (Wildman–Crippen MR) is 57.6 cm³/mol. The monoisotopic (exact) mass is 210 g/mol. The molecule has 0 radical (unpaired) electrons. The molecule has 0 spiro atoms. The van der Waals surface area contributed by atoms with E-state index in [1.54, 1.807) is 0 Å².